The van der Waals surface area contributed by atoms with Gasteiger partial charge in [-0.3, -0.25) is 4.79 Å². The topological polar surface area (TPSA) is 121 Å². The molecule has 160 valence electrons. The highest BCUT2D eigenvalue weighted by Gasteiger charge is 2.18. The third kappa shape index (κ3) is 5.28. The second-order valence-corrected chi connectivity index (χ2v) is 6.91. The first kappa shape index (κ1) is 20.6. The number of nitrogens with one attached hydrogen (secondary N) is 1. The van der Waals surface area contributed by atoms with Gasteiger partial charge >= 0.3 is 5.97 Å². The molecule has 2 heterocycles. The maximum atomic E-state index is 13.0. The van der Waals surface area contributed by atoms with E-state index in [0.29, 0.717) is 41.0 Å². The van der Waals surface area contributed by atoms with E-state index in [1.165, 1.54) is 24.3 Å². The Morgan fingerprint density at radius 3 is 2.74 bits per heavy atom. The van der Waals surface area contributed by atoms with Gasteiger partial charge in [0.1, 0.15) is 19.0 Å². The molecule has 0 unspecified atom stereocenters. The van der Waals surface area contributed by atoms with Gasteiger partial charge in [-0.05, 0) is 42.0 Å². The number of rotatable bonds is 6. The molecule has 11 heteroatoms. The lowest BCUT2D eigenvalue weighted by atomic mass is 10.1. The molecule has 3 N–H and O–H groups in total. The number of aromatic nitrogens is 3. The molecule has 0 radical (unpaired) electrons. The summed E-state index contributed by atoms with van der Waals surface area (Å²) in [5, 5.41) is 3.25. The van der Waals surface area contributed by atoms with Crippen molar-refractivity contribution in [3.05, 3.63) is 58.6 Å². The number of anilines is 3. The fourth-order valence-corrected chi connectivity index (χ4v) is 3.14. The van der Waals surface area contributed by atoms with Gasteiger partial charge in [0.2, 0.25) is 11.9 Å². The Bertz CT molecular complexity index is 1110. The second-order valence-electron chi connectivity index (χ2n) is 6.50. The molecular weight excluding hydrogens is 429 g/mol. The van der Waals surface area contributed by atoms with Gasteiger partial charge in [-0.15, -0.1) is 0 Å². The zero-order valence-corrected chi connectivity index (χ0v) is 16.9. The molecule has 0 bridgehead atoms. The minimum Gasteiger partial charge on any atom is -0.486 e. The molecule has 0 atom stereocenters. The number of halogens is 2. The molecule has 1 aromatic heterocycles. The van der Waals surface area contributed by atoms with E-state index >= 15 is 0 Å². The van der Waals surface area contributed by atoms with Crippen LogP contribution in [-0.4, -0.2) is 34.1 Å². The van der Waals surface area contributed by atoms with Gasteiger partial charge in [-0.2, -0.15) is 15.0 Å². The second kappa shape index (κ2) is 9.00. The Hall–Kier alpha value is -3.66. The molecule has 0 aliphatic carbocycles. The normalized spacial score (nSPS) is 12.3. The number of esters is 1. The van der Waals surface area contributed by atoms with Crippen LogP contribution in [0.1, 0.15) is 11.4 Å². The number of nitrogen functional groups attached to an aromatic ring is 1. The van der Waals surface area contributed by atoms with Crippen LogP contribution in [0.3, 0.4) is 0 Å². The van der Waals surface area contributed by atoms with Gasteiger partial charge in [0.05, 0.1) is 11.4 Å². The van der Waals surface area contributed by atoms with Crippen LogP contribution in [-0.2, 0) is 22.6 Å². The molecule has 1 aliphatic rings. The van der Waals surface area contributed by atoms with Crippen molar-refractivity contribution in [3.63, 3.8) is 0 Å². The molecule has 0 amide bonds. The molecule has 0 saturated carbocycles. The predicted molar refractivity (Wildman–Crippen MR) is 110 cm³/mol. The Morgan fingerprint density at radius 1 is 1.16 bits per heavy atom. The lowest BCUT2D eigenvalue weighted by molar-refractivity contribution is -0.144. The number of hydrogen-bond donors (Lipinski definition) is 2. The Kier molecular flexibility index (Phi) is 5.99. The van der Waals surface area contributed by atoms with Crippen molar-refractivity contribution in [1.29, 1.82) is 0 Å². The summed E-state index contributed by atoms with van der Waals surface area (Å²) in [7, 11) is 0. The predicted octanol–water partition coefficient (Wildman–Crippen LogP) is 3.05. The van der Waals surface area contributed by atoms with E-state index in [2.05, 4.69) is 20.3 Å². The molecule has 1 aliphatic heterocycles. The van der Waals surface area contributed by atoms with Gasteiger partial charge in [-0.1, -0.05) is 11.6 Å². The lowest BCUT2D eigenvalue weighted by Crippen LogP contribution is -2.16. The Morgan fingerprint density at radius 2 is 1.94 bits per heavy atom. The van der Waals surface area contributed by atoms with Crippen molar-refractivity contribution in [1.82, 2.24) is 15.0 Å². The first-order chi connectivity index (χ1) is 15.0. The number of carbonyl (C=O) groups is 1. The minimum absolute atomic E-state index is 0.0301. The van der Waals surface area contributed by atoms with E-state index in [4.69, 9.17) is 31.5 Å². The number of benzene rings is 2. The first-order valence-corrected chi connectivity index (χ1v) is 9.61. The number of nitrogens with two attached hydrogens (primary N) is 1. The number of fused-ring (bicyclic) bond motifs is 1. The Labute approximate surface area is 181 Å². The number of ether oxygens (including phenoxy) is 3. The molecule has 0 fully saturated rings. The smallest absolute Gasteiger partial charge is 0.310 e. The van der Waals surface area contributed by atoms with Crippen LogP contribution in [0, 0.1) is 5.82 Å². The third-order valence-corrected chi connectivity index (χ3v) is 4.45. The monoisotopic (exact) mass is 445 g/mol. The van der Waals surface area contributed by atoms with Gasteiger partial charge in [-0.25, -0.2) is 4.39 Å². The molecular formula is C20H17ClFN5O4. The van der Waals surface area contributed by atoms with Crippen molar-refractivity contribution in [3.8, 4) is 11.5 Å². The fourth-order valence-electron chi connectivity index (χ4n) is 2.85. The fraction of sp³-hybridized carbons (Fsp3) is 0.200. The standard InChI is InChI=1S/C20H17ClFN5O4/c21-14-7-11(8-15-18(14)30-6-5-29-15)9-17(28)31-10-16-25-19(23)27-20(26-16)24-13-3-1-12(22)2-4-13/h1-4,7-8H,5-6,9-10H2,(H3,23,24,25,26,27). The highest BCUT2D eigenvalue weighted by Crippen LogP contribution is 2.38. The SMILES string of the molecule is Nc1nc(COC(=O)Cc2cc(Cl)c3c(c2)OCCO3)nc(Nc2ccc(F)cc2)n1. The van der Waals surface area contributed by atoms with Gasteiger partial charge in [0.25, 0.3) is 0 Å². The molecule has 31 heavy (non-hydrogen) atoms. The number of carbonyl (C=O) groups excluding carboxylic acids is 1. The zero-order valence-electron chi connectivity index (χ0n) is 16.1. The van der Waals surface area contributed by atoms with Crippen LogP contribution in [0.2, 0.25) is 5.02 Å². The Balaban J connectivity index is 1.38. The molecule has 0 saturated heterocycles. The molecule has 0 spiro atoms. The number of nitrogens with zero attached hydrogens (tertiary/aromatic N) is 3. The van der Waals surface area contributed by atoms with E-state index in [1.807, 2.05) is 0 Å². The van der Waals surface area contributed by atoms with Crippen molar-refractivity contribution in [2.24, 2.45) is 0 Å². The van der Waals surface area contributed by atoms with Crippen molar-refractivity contribution >= 4 is 35.2 Å². The van der Waals surface area contributed by atoms with Gasteiger partial charge in [0.15, 0.2) is 23.9 Å². The highest BCUT2D eigenvalue weighted by atomic mass is 35.5. The molecule has 4 rings (SSSR count). The summed E-state index contributed by atoms with van der Waals surface area (Å²) in [4.78, 5) is 24.4. The summed E-state index contributed by atoms with van der Waals surface area (Å²) in [6.45, 7) is 0.620. The van der Waals surface area contributed by atoms with E-state index in [9.17, 15) is 9.18 Å². The van der Waals surface area contributed by atoms with Crippen molar-refractivity contribution < 1.29 is 23.4 Å². The van der Waals surface area contributed by atoms with Crippen LogP contribution in [0.4, 0.5) is 22.0 Å². The van der Waals surface area contributed by atoms with Crippen LogP contribution in [0.25, 0.3) is 0 Å². The first-order valence-electron chi connectivity index (χ1n) is 9.23. The quantitative estimate of drug-likeness (QED) is 0.551. The van der Waals surface area contributed by atoms with E-state index < -0.39 is 5.97 Å². The summed E-state index contributed by atoms with van der Waals surface area (Å²) in [6.07, 6.45) is -0.0301. The summed E-state index contributed by atoms with van der Waals surface area (Å²) in [6, 6.07) is 8.94. The molecule has 3 aromatic rings. The van der Waals surface area contributed by atoms with Crippen LogP contribution < -0.4 is 20.5 Å². The highest BCUT2D eigenvalue weighted by molar-refractivity contribution is 6.32. The lowest BCUT2D eigenvalue weighted by Gasteiger charge is -2.20. The van der Waals surface area contributed by atoms with E-state index in [1.54, 1.807) is 12.1 Å². The van der Waals surface area contributed by atoms with Gasteiger partial charge in [0, 0.05) is 5.69 Å². The van der Waals surface area contributed by atoms with E-state index in [-0.39, 0.29) is 36.6 Å². The summed E-state index contributed by atoms with van der Waals surface area (Å²) in [5.41, 5.74) is 6.88. The summed E-state index contributed by atoms with van der Waals surface area (Å²) in [5.74, 6) is 0.321. The maximum Gasteiger partial charge on any atom is 0.310 e. The van der Waals surface area contributed by atoms with Crippen LogP contribution >= 0.6 is 11.6 Å². The summed E-state index contributed by atoms with van der Waals surface area (Å²) >= 11 is 6.19. The summed E-state index contributed by atoms with van der Waals surface area (Å²) < 4.78 is 29.3. The largest absolute Gasteiger partial charge is 0.486 e. The van der Waals surface area contributed by atoms with E-state index in [0.717, 1.165) is 0 Å². The van der Waals surface area contributed by atoms with Crippen LogP contribution in [0.15, 0.2) is 36.4 Å². The van der Waals surface area contributed by atoms with Gasteiger partial charge < -0.3 is 25.3 Å². The minimum atomic E-state index is -0.514. The molecule has 2 aromatic carbocycles. The van der Waals surface area contributed by atoms with Crippen molar-refractivity contribution in [2.45, 2.75) is 13.0 Å². The average molecular weight is 446 g/mol. The van der Waals surface area contributed by atoms with Crippen LogP contribution in [0.5, 0.6) is 11.5 Å². The third-order valence-electron chi connectivity index (χ3n) is 4.17. The molecule has 9 nitrogen and oxygen atoms in total. The average Bonchev–Trinajstić information content (AvgIpc) is 2.74. The van der Waals surface area contributed by atoms with Crippen molar-refractivity contribution in [2.75, 3.05) is 24.3 Å². The maximum absolute atomic E-state index is 13.0. The zero-order chi connectivity index (χ0) is 21.8. The number of hydrogen-bond acceptors (Lipinski definition) is 9.